The molecule has 0 aromatic heterocycles. The maximum absolute atomic E-state index is 10.0. The summed E-state index contributed by atoms with van der Waals surface area (Å²) in [5, 5.41) is 8.27. The van der Waals surface area contributed by atoms with Gasteiger partial charge in [-0.25, -0.2) is 0 Å². The summed E-state index contributed by atoms with van der Waals surface area (Å²) in [6, 6.07) is 0. The van der Waals surface area contributed by atoms with Crippen LogP contribution in [0.1, 0.15) is 45.4 Å². The Hall–Kier alpha value is 1.40. The van der Waals surface area contributed by atoms with Crippen molar-refractivity contribution in [2.45, 2.75) is 45.4 Å². The van der Waals surface area contributed by atoms with Gasteiger partial charge in [-0.2, -0.15) is 0 Å². The Kier molecular flexibility index (Phi) is 23.6. The molecule has 0 unspecified atom stereocenters. The standard InChI is InChI=1S/C8H16O2.ClH.K/c1-2-3-4-5-6-7-8(9)10;;/h2-7H2,1H3,(H,9,10);1H;/q;;+1/p-1. The smallest absolute Gasteiger partial charge is 1.00 e. The van der Waals surface area contributed by atoms with Gasteiger partial charge in [-0.1, -0.05) is 32.6 Å². The fourth-order valence-electron chi connectivity index (χ4n) is 0.880. The number of carbonyl (C=O) groups is 1. The SMILES string of the molecule is CCCCCCCC(=O)O.[Cl-].[K+]. The summed E-state index contributed by atoms with van der Waals surface area (Å²) in [4.78, 5) is 10.0. The van der Waals surface area contributed by atoms with Crippen LogP contribution in [0.5, 0.6) is 0 Å². The molecule has 1 N–H and O–H groups in total. The van der Waals surface area contributed by atoms with E-state index in [1.54, 1.807) is 0 Å². The summed E-state index contributed by atoms with van der Waals surface area (Å²) in [5.41, 5.74) is 0. The van der Waals surface area contributed by atoms with Crippen molar-refractivity contribution in [3.05, 3.63) is 0 Å². The molecule has 0 aliphatic carbocycles. The van der Waals surface area contributed by atoms with Crippen molar-refractivity contribution in [3.63, 3.8) is 0 Å². The minimum atomic E-state index is -0.670. The Morgan fingerprint density at radius 3 is 2.08 bits per heavy atom. The zero-order valence-corrected chi connectivity index (χ0v) is 11.9. The van der Waals surface area contributed by atoms with E-state index in [-0.39, 0.29) is 63.8 Å². The van der Waals surface area contributed by atoms with Gasteiger partial charge in [-0.15, -0.1) is 0 Å². The van der Waals surface area contributed by atoms with E-state index in [2.05, 4.69) is 6.92 Å². The van der Waals surface area contributed by atoms with E-state index in [0.29, 0.717) is 6.42 Å². The molecule has 0 aromatic carbocycles. The van der Waals surface area contributed by atoms with E-state index in [0.717, 1.165) is 12.8 Å². The largest absolute Gasteiger partial charge is 1.00 e. The summed E-state index contributed by atoms with van der Waals surface area (Å²) < 4.78 is 0. The molecule has 0 bridgehead atoms. The number of hydrogen-bond donors (Lipinski definition) is 1. The van der Waals surface area contributed by atoms with Gasteiger partial charge in [0.05, 0.1) is 0 Å². The molecule has 0 saturated heterocycles. The molecule has 2 nitrogen and oxygen atoms in total. The van der Waals surface area contributed by atoms with Gasteiger partial charge >= 0.3 is 57.4 Å². The molecule has 0 aliphatic heterocycles. The van der Waals surface area contributed by atoms with Gasteiger partial charge in [-0.3, -0.25) is 4.79 Å². The first kappa shape index (κ1) is 19.0. The zero-order valence-electron chi connectivity index (χ0n) is 7.98. The minimum Gasteiger partial charge on any atom is -1.00 e. The topological polar surface area (TPSA) is 37.3 Å². The zero-order chi connectivity index (χ0) is 7.82. The monoisotopic (exact) mass is 218 g/mol. The van der Waals surface area contributed by atoms with Crippen LogP contribution in [-0.2, 0) is 4.79 Å². The van der Waals surface area contributed by atoms with Crippen LogP contribution < -0.4 is 63.8 Å². The Bertz CT molecular complexity index is 99.1. The third kappa shape index (κ3) is 17.5. The van der Waals surface area contributed by atoms with E-state index >= 15 is 0 Å². The molecule has 0 aliphatic rings. The molecule has 0 spiro atoms. The molecule has 0 radical (unpaired) electrons. The van der Waals surface area contributed by atoms with Crippen molar-refractivity contribution in [1.29, 1.82) is 0 Å². The molecule has 0 heterocycles. The van der Waals surface area contributed by atoms with Crippen LogP contribution in [0.3, 0.4) is 0 Å². The van der Waals surface area contributed by atoms with E-state index < -0.39 is 5.97 Å². The van der Waals surface area contributed by atoms with Crippen molar-refractivity contribution < 1.29 is 73.7 Å². The molecule has 0 fully saturated rings. The maximum Gasteiger partial charge on any atom is 1.00 e. The van der Waals surface area contributed by atoms with E-state index in [9.17, 15) is 4.79 Å². The van der Waals surface area contributed by atoms with Gasteiger partial charge in [0.1, 0.15) is 0 Å². The maximum atomic E-state index is 10.0. The molecular formula is C8H16ClKO2. The molecule has 0 rings (SSSR count). The van der Waals surface area contributed by atoms with Gasteiger partial charge in [0.15, 0.2) is 0 Å². The fraction of sp³-hybridized carbons (Fsp3) is 0.875. The molecule has 0 saturated carbocycles. The molecule has 0 amide bonds. The second-order valence-corrected chi connectivity index (χ2v) is 2.56. The van der Waals surface area contributed by atoms with Gasteiger partial charge in [0.25, 0.3) is 0 Å². The van der Waals surface area contributed by atoms with Crippen LogP contribution in [0.25, 0.3) is 0 Å². The van der Waals surface area contributed by atoms with E-state index in [4.69, 9.17) is 5.11 Å². The number of carboxylic acids is 1. The Labute approximate surface area is 123 Å². The summed E-state index contributed by atoms with van der Waals surface area (Å²) in [5.74, 6) is -0.670. The van der Waals surface area contributed by atoms with E-state index in [1.165, 1.54) is 19.3 Å². The predicted molar refractivity (Wildman–Crippen MR) is 41.0 cm³/mol. The van der Waals surface area contributed by atoms with Crippen molar-refractivity contribution >= 4 is 5.97 Å². The number of hydrogen-bond acceptors (Lipinski definition) is 1. The molecule has 68 valence electrons. The Balaban J connectivity index is -0.000000405. The number of unbranched alkanes of at least 4 members (excludes halogenated alkanes) is 4. The third-order valence-electron chi connectivity index (χ3n) is 1.49. The molecule has 12 heavy (non-hydrogen) atoms. The first-order valence-electron chi connectivity index (χ1n) is 3.99. The van der Waals surface area contributed by atoms with Crippen LogP contribution in [0.15, 0.2) is 0 Å². The predicted octanol–water partition coefficient (Wildman–Crippen LogP) is -3.56. The molecule has 0 aromatic rings. The summed E-state index contributed by atoms with van der Waals surface area (Å²) in [6.07, 6.45) is 5.88. The van der Waals surface area contributed by atoms with Crippen molar-refractivity contribution in [1.82, 2.24) is 0 Å². The second kappa shape index (κ2) is 14.9. The van der Waals surface area contributed by atoms with Crippen LogP contribution in [0.4, 0.5) is 0 Å². The molecule has 4 heteroatoms. The summed E-state index contributed by atoms with van der Waals surface area (Å²) in [7, 11) is 0. The number of rotatable bonds is 6. The first-order valence-corrected chi connectivity index (χ1v) is 3.99. The fourth-order valence-corrected chi connectivity index (χ4v) is 0.880. The number of halogens is 1. The van der Waals surface area contributed by atoms with Crippen molar-refractivity contribution in [3.8, 4) is 0 Å². The normalized spacial score (nSPS) is 8.08. The quantitative estimate of drug-likeness (QED) is 0.370. The number of carboxylic acid groups (broad SMARTS) is 1. The van der Waals surface area contributed by atoms with E-state index in [1.807, 2.05) is 0 Å². The summed E-state index contributed by atoms with van der Waals surface area (Å²) >= 11 is 0. The van der Waals surface area contributed by atoms with Crippen LogP contribution in [0, 0.1) is 0 Å². The summed E-state index contributed by atoms with van der Waals surface area (Å²) in [6.45, 7) is 2.15. The average Bonchev–Trinajstić information content (AvgIpc) is 1.87. The average molecular weight is 219 g/mol. The second-order valence-electron chi connectivity index (χ2n) is 2.56. The Morgan fingerprint density at radius 2 is 1.67 bits per heavy atom. The van der Waals surface area contributed by atoms with Crippen molar-refractivity contribution in [2.24, 2.45) is 0 Å². The van der Waals surface area contributed by atoms with Gasteiger partial charge in [0.2, 0.25) is 0 Å². The minimum absolute atomic E-state index is 0. The van der Waals surface area contributed by atoms with Gasteiger partial charge in [0, 0.05) is 6.42 Å². The van der Waals surface area contributed by atoms with Crippen molar-refractivity contribution in [2.75, 3.05) is 0 Å². The number of aliphatic carboxylic acids is 1. The first-order chi connectivity index (χ1) is 4.77. The Morgan fingerprint density at radius 1 is 1.17 bits per heavy atom. The molecule has 0 atom stereocenters. The van der Waals surface area contributed by atoms with Crippen LogP contribution in [0.2, 0.25) is 0 Å². The molecular weight excluding hydrogens is 203 g/mol. The van der Waals surface area contributed by atoms with Crippen LogP contribution in [-0.4, -0.2) is 11.1 Å². The third-order valence-corrected chi connectivity index (χ3v) is 1.49. The van der Waals surface area contributed by atoms with Gasteiger partial charge < -0.3 is 17.5 Å². The van der Waals surface area contributed by atoms with Gasteiger partial charge in [-0.05, 0) is 6.42 Å². The van der Waals surface area contributed by atoms with Crippen LogP contribution >= 0.6 is 0 Å².